The van der Waals surface area contributed by atoms with Crippen LogP contribution in [0.3, 0.4) is 0 Å². The smallest absolute Gasteiger partial charge is 0.153 e. The second-order valence-corrected chi connectivity index (χ2v) is 7.44. The van der Waals surface area contributed by atoms with Gasteiger partial charge in [-0.1, -0.05) is 29.5 Å². The molecule has 0 aliphatic carbocycles. The van der Waals surface area contributed by atoms with Crippen molar-refractivity contribution >= 4 is 34.2 Å². The summed E-state index contributed by atoms with van der Waals surface area (Å²) >= 11 is 1.65. The number of hydrogen-bond donors (Lipinski definition) is 2. The molecule has 5 nitrogen and oxygen atoms in total. The molecule has 0 fully saturated rings. The van der Waals surface area contributed by atoms with Gasteiger partial charge in [-0.15, -0.1) is 0 Å². The second kappa shape index (κ2) is 7.32. The highest BCUT2D eigenvalue weighted by molar-refractivity contribution is 7.99. The first-order chi connectivity index (χ1) is 13.1. The topological polar surface area (TPSA) is 62.8 Å². The van der Waals surface area contributed by atoms with Gasteiger partial charge in [0.25, 0.3) is 0 Å². The third-order valence-corrected chi connectivity index (χ3v) is 5.21. The summed E-state index contributed by atoms with van der Waals surface area (Å²) in [7, 11) is 1.68. The Hall–Kier alpha value is -2.99. The van der Waals surface area contributed by atoms with E-state index in [0.717, 1.165) is 43.8 Å². The van der Waals surface area contributed by atoms with Crippen LogP contribution in [0.25, 0.3) is 10.8 Å². The van der Waals surface area contributed by atoms with E-state index < -0.39 is 0 Å². The number of aryl methyl sites for hydroxylation is 2. The molecule has 136 valence electrons. The van der Waals surface area contributed by atoms with Crippen molar-refractivity contribution in [3.63, 3.8) is 0 Å². The van der Waals surface area contributed by atoms with Gasteiger partial charge in [0.2, 0.25) is 0 Å². The first-order valence-electron chi connectivity index (χ1n) is 8.63. The molecule has 4 aromatic rings. The molecule has 2 aromatic heterocycles. The number of fused-ring (bicyclic) bond motifs is 1. The maximum atomic E-state index is 5.39. The molecule has 0 aliphatic rings. The Morgan fingerprint density at radius 1 is 0.963 bits per heavy atom. The van der Waals surface area contributed by atoms with Crippen molar-refractivity contribution in [3.05, 3.63) is 65.9 Å². The minimum absolute atomic E-state index is 0.744. The van der Waals surface area contributed by atoms with Crippen molar-refractivity contribution in [2.75, 3.05) is 12.4 Å². The SMILES string of the molecule is COc1ccc2c(Sc3ccc(C)cc3)nc(Nc3cc(C)[nH]n3)cc2c1. The lowest BCUT2D eigenvalue weighted by Gasteiger charge is -2.11. The third kappa shape index (κ3) is 3.90. The van der Waals surface area contributed by atoms with Crippen molar-refractivity contribution in [3.8, 4) is 5.75 Å². The van der Waals surface area contributed by atoms with Gasteiger partial charge in [-0.3, -0.25) is 5.10 Å². The van der Waals surface area contributed by atoms with Crippen LogP contribution in [0.15, 0.2) is 64.5 Å². The number of ether oxygens (including phenoxy) is 1. The van der Waals surface area contributed by atoms with Crippen LogP contribution in [0.2, 0.25) is 0 Å². The van der Waals surface area contributed by atoms with Gasteiger partial charge in [0.1, 0.15) is 16.6 Å². The van der Waals surface area contributed by atoms with Crippen molar-refractivity contribution in [1.82, 2.24) is 15.2 Å². The Bertz CT molecular complexity index is 1090. The average molecular weight is 376 g/mol. The van der Waals surface area contributed by atoms with Gasteiger partial charge in [0, 0.05) is 22.0 Å². The normalized spacial score (nSPS) is 10.9. The van der Waals surface area contributed by atoms with Crippen molar-refractivity contribution in [2.45, 2.75) is 23.8 Å². The number of anilines is 2. The fraction of sp³-hybridized carbons (Fsp3) is 0.143. The quantitative estimate of drug-likeness (QED) is 0.483. The number of hydrogen-bond acceptors (Lipinski definition) is 5. The molecule has 6 heteroatoms. The zero-order chi connectivity index (χ0) is 18.8. The Morgan fingerprint density at radius 2 is 1.78 bits per heavy atom. The molecule has 2 N–H and O–H groups in total. The van der Waals surface area contributed by atoms with Gasteiger partial charge in [-0.2, -0.15) is 5.10 Å². The molecule has 0 aliphatic heterocycles. The Balaban J connectivity index is 1.77. The van der Waals surface area contributed by atoms with Crippen LogP contribution in [-0.2, 0) is 0 Å². The van der Waals surface area contributed by atoms with Crippen LogP contribution in [-0.4, -0.2) is 22.3 Å². The monoisotopic (exact) mass is 376 g/mol. The fourth-order valence-electron chi connectivity index (χ4n) is 2.80. The van der Waals surface area contributed by atoms with Gasteiger partial charge in [-0.25, -0.2) is 4.98 Å². The first kappa shape index (κ1) is 17.4. The molecule has 27 heavy (non-hydrogen) atoms. The highest BCUT2D eigenvalue weighted by Gasteiger charge is 2.10. The van der Waals surface area contributed by atoms with Crippen molar-refractivity contribution < 1.29 is 4.74 Å². The van der Waals surface area contributed by atoms with E-state index in [-0.39, 0.29) is 0 Å². The summed E-state index contributed by atoms with van der Waals surface area (Å²) in [5.41, 5.74) is 2.24. The molecule has 0 atom stereocenters. The Kier molecular flexibility index (Phi) is 4.73. The van der Waals surface area contributed by atoms with E-state index in [1.165, 1.54) is 5.56 Å². The molecule has 2 aromatic carbocycles. The first-order valence-corrected chi connectivity index (χ1v) is 9.45. The van der Waals surface area contributed by atoms with E-state index in [9.17, 15) is 0 Å². The fourth-order valence-corrected chi connectivity index (χ4v) is 3.74. The molecule has 0 saturated heterocycles. The van der Waals surface area contributed by atoms with E-state index in [1.54, 1.807) is 18.9 Å². The molecule has 0 spiro atoms. The van der Waals surface area contributed by atoms with Crippen molar-refractivity contribution in [1.29, 1.82) is 0 Å². The number of aromatic amines is 1. The number of pyridine rings is 1. The van der Waals surface area contributed by atoms with E-state index in [1.807, 2.05) is 31.2 Å². The van der Waals surface area contributed by atoms with E-state index >= 15 is 0 Å². The summed E-state index contributed by atoms with van der Waals surface area (Å²) in [5.74, 6) is 2.31. The van der Waals surface area contributed by atoms with Crippen LogP contribution in [0.4, 0.5) is 11.6 Å². The molecule has 0 radical (unpaired) electrons. The summed E-state index contributed by atoms with van der Waals surface area (Å²) in [4.78, 5) is 5.99. The van der Waals surface area contributed by atoms with Crippen LogP contribution in [0.1, 0.15) is 11.3 Å². The summed E-state index contributed by atoms with van der Waals surface area (Å²) in [6.07, 6.45) is 0. The van der Waals surface area contributed by atoms with E-state index in [2.05, 4.69) is 52.8 Å². The van der Waals surface area contributed by atoms with Gasteiger partial charge < -0.3 is 10.1 Å². The van der Waals surface area contributed by atoms with Crippen molar-refractivity contribution in [2.24, 2.45) is 0 Å². The standard InChI is InChI=1S/C21H20N4OS/c1-13-4-7-17(8-5-13)27-21-18-9-6-16(26-3)11-15(18)12-19(23-21)22-20-10-14(2)24-25-20/h4-12H,1-3H3,(H2,22,23,24,25). The number of nitrogens with one attached hydrogen (secondary N) is 2. The van der Waals surface area contributed by atoms with Crippen LogP contribution < -0.4 is 10.1 Å². The van der Waals surface area contributed by atoms with Gasteiger partial charge in [0.05, 0.1) is 7.11 Å². The molecule has 0 unspecified atom stereocenters. The lowest BCUT2D eigenvalue weighted by Crippen LogP contribution is -1.96. The highest BCUT2D eigenvalue weighted by Crippen LogP contribution is 2.35. The number of nitrogens with zero attached hydrogens (tertiary/aromatic N) is 2. The van der Waals surface area contributed by atoms with Gasteiger partial charge >= 0.3 is 0 Å². The van der Waals surface area contributed by atoms with Gasteiger partial charge in [-0.05, 0) is 55.6 Å². The number of methoxy groups -OCH3 is 1. The summed E-state index contributed by atoms with van der Waals surface area (Å²) in [6, 6.07) is 18.5. The van der Waals surface area contributed by atoms with Crippen LogP contribution in [0.5, 0.6) is 5.75 Å². The third-order valence-electron chi connectivity index (χ3n) is 4.20. The molecule has 2 heterocycles. The van der Waals surface area contributed by atoms with E-state index in [4.69, 9.17) is 9.72 Å². The summed E-state index contributed by atoms with van der Waals surface area (Å²) < 4.78 is 5.39. The maximum absolute atomic E-state index is 5.39. The molecular formula is C21H20N4OS. The van der Waals surface area contributed by atoms with Crippen LogP contribution >= 0.6 is 11.8 Å². The number of rotatable bonds is 5. The zero-order valence-electron chi connectivity index (χ0n) is 15.4. The second-order valence-electron chi connectivity index (χ2n) is 6.38. The lowest BCUT2D eigenvalue weighted by molar-refractivity contribution is 0.415. The molecule has 4 rings (SSSR count). The Morgan fingerprint density at radius 3 is 2.48 bits per heavy atom. The van der Waals surface area contributed by atoms with Crippen LogP contribution in [0, 0.1) is 13.8 Å². The predicted octanol–water partition coefficient (Wildman–Crippen LogP) is 5.48. The molecule has 0 bridgehead atoms. The van der Waals surface area contributed by atoms with Gasteiger partial charge in [0.15, 0.2) is 5.82 Å². The summed E-state index contributed by atoms with van der Waals surface area (Å²) in [5, 5.41) is 13.6. The Labute approximate surface area is 162 Å². The number of aromatic nitrogens is 3. The minimum atomic E-state index is 0.744. The molecular weight excluding hydrogens is 356 g/mol. The molecule has 0 saturated carbocycles. The zero-order valence-corrected chi connectivity index (χ0v) is 16.2. The average Bonchev–Trinajstić information content (AvgIpc) is 3.07. The summed E-state index contributed by atoms with van der Waals surface area (Å²) in [6.45, 7) is 4.06. The number of H-pyrrole nitrogens is 1. The minimum Gasteiger partial charge on any atom is -0.497 e. The maximum Gasteiger partial charge on any atom is 0.153 e. The predicted molar refractivity (Wildman–Crippen MR) is 110 cm³/mol. The number of benzene rings is 2. The lowest BCUT2D eigenvalue weighted by atomic mass is 10.1. The highest BCUT2D eigenvalue weighted by atomic mass is 32.2. The van der Waals surface area contributed by atoms with E-state index in [0.29, 0.717) is 0 Å². The largest absolute Gasteiger partial charge is 0.497 e. The molecule has 0 amide bonds.